The van der Waals surface area contributed by atoms with Crippen molar-refractivity contribution in [3.05, 3.63) is 106 Å². The van der Waals surface area contributed by atoms with Gasteiger partial charge in [-0.2, -0.15) is 8.78 Å². The number of hydrogen-bond acceptors (Lipinski definition) is 6. The Morgan fingerprint density at radius 3 is 1.54 bits per heavy atom. The molecule has 3 aromatic carbocycles. The Kier molecular flexibility index (Phi) is 7.84. The van der Waals surface area contributed by atoms with E-state index in [1.165, 1.54) is 48.5 Å². The van der Waals surface area contributed by atoms with Crippen LogP contribution in [0.15, 0.2) is 72.8 Å². The second-order valence-corrected chi connectivity index (χ2v) is 12.6. The molecular weight excluding hydrogens is 566 g/mol. The highest BCUT2D eigenvalue weighted by Crippen LogP contribution is 2.59. The van der Waals surface area contributed by atoms with Gasteiger partial charge in [-0.25, -0.2) is 0 Å². The number of hydrogen-bond donors (Lipinski definition) is 2. The molecule has 0 heterocycles. The van der Waals surface area contributed by atoms with Gasteiger partial charge in [0.25, 0.3) is 0 Å². The normalized spacial score (nSPS) is 15.4. The van der Waals surface area contributed by atoms with Crippen LogP contribution in [0.25, 0.3) is 0 Å². The van der Waals surface area contributed by atoms with Gasteiger partial charge in [0.1, 0.15) is 5.41 Å². The quantitative estimate of drug-likeness (QED) is 0.162. The van der Waals surface area contributed by atoms with E-state index >= 15 is 0 Å². The summed E-state index contributed by atoms with van der Waals surface area (Å²) < 4.78 is 82.2. The van der Waals surface area contributed by atoms with E-state index in [0.717, 1.165) is 12.1 Å². The van der Waals surface area contributed by atoms with E-state index in [2.05, 4.69) is 9.46 Å². The molecular formula is C25H20F4O8P2. The zero-order chi connectivity index (χ0) is 28.6. The molecule has 8 nitrogen and oxygen atoms in total. The van der Waals surface area contributed by atoms with E-state index in [1.807, 2.05) is 0 Å². The fourth-order valence-electron chi connectivity index (χ4n) is 4.62. The third-order valence-corrected chi connectivity index (χ3v) is 8.74. The number of rotatable bonds is 10. The highest BCUT2D eigenvalue weighted by Gasteiger charge is 2.53. The molecule has 0 aliphatic heterocycles. The minimum absolute atomic E-state index is 0.142. The van der Waals surface area contributed by atoms with Gasteiger partial charge >= 0.3 is 20.9 Å². The first kappa shape index (κ1) is 29.0. The van der Waals surface area contributed by atoms with Crippen LogP contribution in [0.1, 0.15) is 43.0 Å². The lowest BCUT2D eigenvalue weighted by Crippen LogP contribution is -2.38. The van der Waals surface area contributed by atoms with Gasteiger partial charge in [0.2, 0.25) is 0 Å². The van der Waals surface area contributed by atoms with Crippen molar-refractivity contribution in [1.82, 2.24) is 0 Å². The molecule has 2 N–H and O–H groups in total. The summed E-state index contributed by atoms with van der Waals surface area (Å²) >= 11 is 0. The monoisotopic (exact) mass is 586 g/mol. The highest BCUT2D eigenvalue weighted by atomic mass is 31.2. The van der Waals surface area contributed by atoms with Crippen LogP contribution in [0.2, 0.25) is 0 Å². The summed E-state index contributed by atoms with van der Waals surface area (Å²) in [6, 6.07) is 15.8. The van der Waals surface area contributed by atoms with Gasteiger partial charge in [-0.05, 0) is 38.6 Å². The van der Waals surface area contributed by atoms with Crippen LogP contribution in [0.5, 0.6) is 0 Å². The number of ketones is 2. The summed E-state index contributed by atoms with van der Waals surface area (Å²) in [6.07, 6.45) is -1.08. The lowest BCUT2D eigenvalue weighted by molar-refractivity contribution is -0.0881. The summed E-state index contributed by atoms with van der Waals surface area (Å²) in [4.78, 5) is 45.2. The van der Waals surface area contributed by atoms with Crippen LogP contribution in [0.4, 0.5) is 17.8 Å². The Balaban J connectivity index is 1.69. The molecule has 0 aromatic heterocycles. The molecule has 0 radical (unpaired) electrons. The molecule has 3 aromatic rings. The average molecular weight is 586 g/mol. The molecule has 0 unspecified atom stereocenters. The molecule has 206 valence electrons. The van der Waals surface area contributed by atoms with Gasteiger partial charge in [0.05, 0.1) is 6.16 Å². The molecule has 0 saturated heterocycles. The van der Waals surface area contributed by atoms with Crippen LogP contribution in [-0.2, 0) is 43.3 Å². The zero-order valence-corrected chi connectivity index (χ0v) is 21.6. The summed E-state index contributed by atoms with van der Waals surface area (Å²) in [7, 11) is -10.4. The van der Waals surface area contributed by atoms with Crippen LogP contribution in [0.3, 0.4) is 0 Å². The SMILES string of the molecule is O=C1c2ccccc2C(=O)C1(Cc1ccc(CP(=O)(OF)OF)cc1)Cc1ccc(C(F)(F)P(=O)(O)O)cc1. The third kappa shape index (κ3) is 5.41. The smallest absolute Gasteiger partial charge is 0.320 e. The van der Waals surface area contributed by atoms with Gasteiger partial charge in [-0.1, -0.05) is 72.8 Å². The van der Waals surface area contributed by atoms with E-state index in [4.69, 9.17) is 9.79 Å². The van der Waals surface area contributed by atoms with Crippen molar-refractivity contribution < 1.29 is 55.8 Å². The molecule has 39 heavy (non-hydrogen) atoms. The van der Waals surface area contributed by atoms with Crippen molar-refractivity contribution in [2.45, 2.75) is 24.7 Å². The standard InChI is InChI=1S/C25H20F4O8P2/c26-25(27,39(33,34)35)19-11-9-17(10-12-19)14-24(22(30)20-3-1-2-4-21(20)23(24)31)13-16-5-7-18(8-6-16)15-38(32,36-28)37-29/h1-12H,13-15H2,(H2,33,34,35). The molecule has 0 atom stereocenters. The molecule has 0 saturated carbocycles. The van der Waals surface area contributed by atoms with E-state index in [0.29, 0.717) is 5.56 Å². The van der Waals surface area contributed by atoms with E-state index < -0.39 is 49.6 Å². The minimum Gasteiger partial charge on any atom is -0.320 e. The molecule has 0 amide bonds. The zero-order valence-electron chi connectivity index (χ0n) is 19.8. The fraction of sp³-hybridized carbons (Fsp3) is 0.200. The van der Waals surface area contributed by atoms with E-state index in [-0.39, 0.29) is 35.1 Å². The summed E-state index contributed by atoms with van der Waals surface area (Å²) in [6.45, 7) is 0. The first-order valence-corrected chi connectivity index (χ1v) is 14.6. The largest absolute Gasteiger partial charge is 0.399 e. The van der Waals surface area contributed by atoms with Gasteiger partial charge in [0, 0.05) is 16.7 Å². The molecule has 0 fully saturated rings. The molecule has 0 bridgehead atoms. The van der Waals surface area contributed by atoms with Gasteiger partial charge in [0.15, 0.2) is 11.6 Å². The van der Waals surface area contributed by atoms with Crippen LogP contribution in [-0.4, -0.2) is 21.4 Å². The highest BCUT2D eigenvalue weighted by molar-refractivity contribution is 7.52. The number of Topliss-reactive ketones (excluding diaryl/α,β-unsaturated/α-hetero) is 2. The number of alkyl halides is 2. The van der Waals surface area contributed by atoms with Crippen molar-refractivity contribution in [2.75, 3.05) is 0 Å². The lowest BCUT2D eigenvalue weighted by Gasteiger charge is -2.27. The average Bonchev–Trinajstić information content (AvgIpc) is 3.11. The maximum Gasteiger partial charge on any atom is 0.399 e. The molecule has 1 aliphatic carbocycles. The maximum atomic E-state index is 14.1. The number of benzene rings is 3. The second-order valence-electron chi connectivity index (χ2n) is 9.15. The van der Waals surface area contributed by atoms with Crippen molar-refractivity contribution in [3.63, 3.8) is 0 Å². The Hall–Kier alpha value is -2.98. The lowest BCUT2D eigenvalue weighted by atomic mass is 9.72. The predicted octanol–water partition coefficient (Wildman–Crippen LogP) is 6.26. The molecule has 1 aliphatic rings. The minimum atomic E-state index is -5.79. The third-order valence-electron chi connectivity index (χ3n) is 6.57. The maximum absolute atomic E-state index is 14.1. The summed E-state index contributed by atoms with van der Waals surface area (Å²) in [5.74, 6) is -1.00. The predicted molar refractivity (Wildman–Crippen MR) is 129 cm³/mol. The number of fused-ring (bicyclic) bond motifs is 1. The first-order valence-electron chi connectivity index (χ1n) is 11.3. The van der Waals surface area contributed by atoms with Crippen molar-refractivity contribution in [1.29, 1.82) is 0 Å². The molecule has 14 heteroatoms. The Morgan fingerprint density at radius 1 is 0.718 bits per heavy atom. The van der Waals surface area contributed by atoms with Gasteiger partial charge in [-0.3, -0.25) is 18.7 Å². The molecule has 4 rings (SSSR count). The Labute approximate surface area is 219 Å². The summed E-state index contributed by atoms with van der Waals surface area (Å²) in [5, 5.41) is 0. The van der Waals surface area contributed by atoms with Crippen molar-refractivity contribution in [2.24, 2.45) is 5.41 Å². The number of halogens is 4. The Morgan fingerprint density at radius 2 is 1.13 bits per heavy atom. The van der Waals surface area contributed by atoms with E-state index in [1.54, 1.807) is 12.1 Å². The van der Waals surface area contributed by atoms with Crippen molar-refractivity contribution >= 4 is 26.8 Å². The van der Waals surface area contributed by atoms with Gasteiger partial charge < -0.3 is 9.79 Å². The number of carbonyl (C=O) groups excluding carboxylic acids is 2. The van der Waals surface area contributed by atoms with E-state index in [9.17, 15) is 36.6 Å². The summed E-state index contributed by atoms with van der Waals surface area (Å²) in [5.41, 5.74) is -5.75. The van der Waals surface area contributed by atoms with Crippen molar-refractivity contribution in [3.8, 4) is 0 Å². The number of carbonyl (C=O) groups is 2. The van der Waals surface area contributed by atoms with Crippen LogP contribution < -0.4 is 0 Å². The molecule has 0 spiro atoms. The Bertz CT molecular complexity index is 1460. The van der Waals surface area contributed by atoms with Gasteiger partial charge in [-0.15, -0.1) is 9.46 Å². The topological polar surface area (TPSA) is 127 Å². The van der Waals surface area contributed by atoms with Crippen LogP contribution in [0, 0.1) is 5.41 Å². The second kappa shape index (κ2) is 10.5. The van der Waals surface area contributed by atoms with Crippen LogP contribution >= 0.6 is 15.2 Å². The fourth-order valence-corrected chi connectivity index (χ4v) is 5.88. The first-order chi connectivity index (χ1) is 18.3.